The first kappa shape index (κ1) is 16.0. The fraction of sp³-hybridized carbons (Fsp3) is 0.462. The first-order chi connectivity index (χ1) is 9.35. The molecule has 1 rings (SSSR count). The van der Waals surface area contributed by atoms with Crippen LogP contribution in [0.15, 0.2) is 12.3 Å². The highest BCUT2D eigenvalue weighted by molar-refractivity contribution is 5.98. The first-order valence-corrected chi connectivity index (χ1v) is 6.06. The van der Waals surface area contributed by atoms with Crippen LogP contribution in [0, 0.1) is 11.8 Å². The van der Waals surface area contributed by atoms with Crippen molar-refractivity contribution in [3.63, 3.8) is 0 Å². The lowest BCUT2D eigenvalue weighted by Gasteiger charge is -2.27. The predicted octanol–water partition coefficient (Wildman–Crippen LogP) is 1.82. The molecular weight excluding hydrogens is 270 g/mol. The molecule has 0 radical (unpaired) electrons. The van der Waals surface area contributed by atoms with Gasteiger partial charge in [0.25, 0.3) is 5.91 Å². The van der Waals surface area contributed by atoms with Crippen LogP contribution in [0.1, 0.15) is 37.0 Å². The average Bonchev–Trinajstić information content (AvgIpc) is 2.40. The van der Waals surface area contributed by atoms with Gasteiger partial charge in [-0.2, -0.15) is 4.39 Å². The van der Waals surface area contributed by atoms with Crippen LogP contribution >= 0.6 is 0 Å². The van der Waals surface area contributed by atoms with Crippen molar-refractivity contribution in [2.24, 2.45) is 0 Å². The number of esters is 1. The number of amides is 1. The Morgan fingerprint density at radius 3 is 2.65 bits per heavy atom. The Morgan fingerprint density at radius 1 is 1.45 bits per heavy atom. The molecular formula is C13H16F2N2O3. The van der Waals surface area contributed by atoms with Gasteiger partial charge >= 0.3 is 5.97 Å². The lowest BCUT2D eigenvalue weighted by atomic mass is 9.95. The van der Waals surface area contributed by atoms with Crippen LogP contribution in [0.4, 0.5) is 8.78 Å². The van der Waals surface area contributed by atoms with Crippen molar-refractivity contribution in [2.75, 3.05) is 7.11 Å². The second-order valence-electron chi connectivity index (χ2n) is 4.49. The Bertz CT molecular complexity index is 522. The maximum absolute atomic E-state index is 13.5. The zero-order chi connectivity index (χ0) is 15.3. The smallest absolute Gasteiger partial charge is 0.331 e. The average molecular weight is 286 g/mol. The highest BCUT2D eigenvalue weighted by Crippen LogP contribution is 2.17. The summed E-state index contributed by atoms with van der Waals surface area (Å²) in [6.45, 7) is 3.29. The molecule has 0 bridgehead atoms. The van der Waals surface area contributed by atoms with E-state index in [2.05, 4.69) is 15.0 Å². The number of carbonyl (C=O) groups excluding carboxylic acids is 2. The molecule has 0 aliphatic heterocycles. The van der Waals surface area contributed by atoms with Crippen LogP contribution in [0.2, 0.25) is 0 Å². The third-order valence-electron chi connectivity index (χ3n) is 2.87. The number of halogens is 2. The van der Waals surface area contributed by atoms with Crippen LogP contribution < -0.4 is 5.32 Å². The van der Waals surface area contributed by atoms with E-state index < -0.39 is 34.7 Å². The lowest BCUT2D eigenvalue weighted by Crippen LogP contribution is -2.52. The number of ether oxygens (including phenoxy) is 1. The highest BCUT2D eigenvalue weighted by atomic mass is 19.2. The highest BCUT2D eigenvalue weighted by Gasteiger charge is 2.36. The van der Waals surface area contributed by atoms with Crippen LogP contribution in [0.5, 0.6) is 0 Å². The second-order valence-corrected chi connectivity index (χ2v) is 4.49. The monoisotopic (exact) mass is 286 g/mol. The van der Waals surface area contributed by atoms with E-state index in [9.17, 15) is 18.4 Å². The normalized spacial score (nSPS) is 13.4. The predicted molar refractivity (Wildman–Crippen MR) is 66.9 cm³/mol. The first-order valence-electron chi connectivity index (χ1n) is 6.06. The molecule has 110 valence electrons. The fourth-order valence-corrected chi connectivity index (χ4v) is 1.85. The molecule has 20 heavy (non-hydrogen) atoms. The van der Waals surface area contributed by atoms with Gasteiger partial charge in [0.2, 0.25) is 5.95 Å². The Labute approximate surface area is 115 Å². The van der Waals surface area contributed by atoms with Gasteiger partial charge in [-0.25, -0.2) is 14.2 Å². The number of hydrogen-bond acceptors (Lipinski definition) is 4. The molecule has 0 aliphatic rings. The van der Waals surface area contributed by atoms with Crippen LogP contribution in [-0.4, -0.2) is 29.5 Å². The number of methoxy groups -OCH3 is 1. The van der Waals surface area contributed by atoms with E-state index in [-0.39, 0.29) is 0 Å². The van der Waals surface area contributed by atoms with Crippen LogP contribution in [-0.2, 0) is 9.53 Å². The van der Waals surface area contributed by atoms with E-state index in [0.717, 1.165) is 12.3 Å². The van der Waals surface area contributed by atoms with Crippen molar-refractivity contribution in [3.8, 4) is 0 Å². The van der Waals surface area contributed by atoms with Gasteiger partial charge in [0, 0.05) is 6.20 Å². The van der Waals surface area contributed by atoms with E-state index in [1.807, 2.05) is 6.92 Å². The molecule has 1 atom stereocenters. The van der Waals surface area contributed by atoms with Crippen LogP contribution in [0.3, 0.4) is 0 Å². The van der Waals surface area contributed by atoms with Gasteiger partial charge in [-0.3, -0.25) is 4.79 Å². The Morgan fingerprint density at radius 2 is 2.10 bits per heavy atom. The van der Waals surface area contributed by atoms with Gasteiger partial charge in [0.05, 0.1) is 12.7 Å². The zero-order valence-corrected chi connectivity index (χ0v) is 11.5. The minimum atomic E-state index is -1.37. The largest absolute Gasteiger partial charge is 0.467 e. The van der Waals surface area contributed by atoms with Gasteiger partial charge in [-0.1, -0.05) is 13.3 Å². The van der Waals surface area contributed by atoms with Gasteiger partial charge in [0.15, 0.2) is 5.82 Å². The van der Waals surface area contributed by atoms with Gasteiger partial charge in [-0.15, -0.1) is 0 Å². The van der Waals surface area contributed by atoms with E-state index >= 15 is 0 Å². The molecule has 0 saturated heterocycles. The van der Waals surface area contributed by atoms with E-state index in [4.69, 9.17) is 0 Å². The SMILES string of the molecule is CCCC(C)(NC(=O)c1ccnc(F)c1F)C(=O)OC. The van der Waals surface area contributed by atoms with Gasteiger partial charge in [-0.05, 0) is 19.4 Å². The summed E-state index contributed by atoms with van der Waals surface area (Å²) in [5, 5.41) is 2.38. The van der Waals surface area contributed by atoms with Crippen molar-refractivity contribution in [2.45, 2.75) is 32.2 Å². The molecule has 0 aromatic carbocycles. The summed E-state index contributed by atoms with van der Waals surface area (Å²) in [7, 11) is 1.19. The van der Waals surface area contributed by atoms with Gasteiger partial charge < -0.3 is 10.1 Å². The number of pyridine rings is 1. The molecule has 7 heteroatoms. The fourth-order valence-electron chi connectivity index (χ4n) is 1.85. The van der Waals surface area contributed by atoms with E-state index in [1.165, 1.54) is 14.0 Å². The number of rotatable bonds is 5. The molecule has 0 saturated carbocycles. The van der Waals surface area contributed by atoms with Crippen molar-refractivity contribution in [3.05, 3.63) is 29.6 Å². The van der Waals surface area contributed by atoms with Crippen molar-refractivity contribution >= 4 is 11.9 Å². The number of carbonyl (C=O) groups is 2. The Kier molecular flexibility index (Phi) is 5.12. The number of nitrogens with one attached hydrogen (secondary N) is 1. The maximum atomic E-state index is 13.5. The number of nitrogens with zero attached hydrogens (tertiary/aromatic N) is 1. The summed E-state index contributed by atoms with van der Waals surface area (Å²) in [4.78, 5) is 26.8. The summed E-state index contributed by atoms with van der Waals surface area (Å²) < 4.78 is 31.1. The third-order valence-corrected chi connectivity index (χ3v) is 2.87. The minimum Gasteiger partial charge on any atom is -0.467 e. The topological polar surface area (TPSA) is 68.3 Å². The molecule has 1 aromatic rings. The molecule has 1 N–H and O–H groups in total. The van der Waals surface area contributed by atoms with Crippen molar-refractivity contribution in [1.82, 2.24) is 10.3 Å². The molecule has 0 aliphatic carbocycles. The molecule has 1 aromatic heterocycles. The minimum absolute atomic E-state index is 0.306. The number of hydrogen-bond donors (Lipinski definition) is 1. The van der Waals surface area contributed by atoms with E-state index in [0.29, 0.717) is 12.8 Å². The summed E-state index contributed by atoms with van der Waals surface area (Å²) >= 11 is 0. The Hall–Kier alpha value is -2.05. The maximum Gasteiger partial charge on any atom is 0.331 e. The quantitative estimate of drug-likeness (QED) is 0.662. The van der Waals surface area contributed by atoms with Gasteiger partial charge in [0.1, 0.15) is 5.54 Å². The Balaban J connectivity index is 3.03. The summed E-state index contributed by atoms with van der Waals surface area (Å²) in [6.07, 6.45) is 1.88. The van der Waals surface area contributed by atoms with E-state index in [1.54, 1.807) is 0 Å². The standard InChI is InChI=1S/C13H16F2N2O3/c1-4-6-13(2,12(19)20-3)17-11(18)8-5-7-16-10(15)9(8)14/h5,7H,4,6H2,1-3H3,(H,17,18). The zero-order valence-electron chi connectivity index (χ0n) is 11.5. The molecule has 1 amide bonds. The molecule has 0 spiro atoms. The third kappa shape index (κ3) is 3.28. The molecule has 5 nitrogen and oxygen atoms in total. The van der Waals surface area contributed by atoms with Crippen molar-refractivity contribution in [1.29, 1.82) is 0 Å². The number of aromatic nitrogens is 1. The van der Waals surface area contributed by atoms with Crippen LogP contribution in [0.25, 0.3) is 0 Å². The molecule has 1 unspecified atom stereocenters. The summed E-state index contributed by atoms with van der Waals surface area (Å²) in [5.74, 6) is -4.27. The molecule has 1 heterocycles. The van der Waals surface area contributed by atoms with Crippen molar-refractivity contribution < 1.29 is 23.1 Å². The second kappa shape index (κ2) is 6.40. The lowest BCUT2D eigenvalue weighted by molar-refractivity contribution is -0.147. The molecule has 0 fully saturated rings. The summed E-state index contributed by atoms with van der Waals surface area (Å²) in [6, 6.07) is 1.04. The summed E-state index contributed by atoms with van der Waals surface area (Å²) in [5.41, 5.74) is -1.81.